The number of esters is 2. The maximum absolute atomic E-state index is 11.3. The smallest absolute Gasteiger partial charge is 0.303 e. The van der Waals surface area contributed by atoms with Crippen LogP contribution in [0.3, 0.4) is 0 Å². The lowest BCUT2D eigenvalue weighted by Gasteiger charge is -2.40. The van der Waals surface area contributed by atoms with Crippen molar-refractivity contribution in [2.45, 2.75) is 45.3 Å². The van der Waals surface area contributed by atoms with Crippen molar-refractivity contribution >= 4 is 17.8 Å². The summed E-state index contributed by atoms with van der Waals surface area (Å²) in [4.78, 5) is 33.6. The maximum atomic E-state index is 11.3. The quantitative estimate of drug-likeness (QED) is 0.687. The Balaban J connectivity index is 2.95. The van der Waals surface area contributed by atoms with Crippen LogP contribution in [0.5, 0.6) is 0 Å². The summed E-state index contributed by atoms with van der Waals surface area (Å²) in [5, 5.41) is 2.60. The minimum Gasteiger partial charge on any atom is -0.458 e. The molecule has 0 bridgehead atoms. The predicted octanol–water partition coefficient (Wildman–Crippen LogP) is -0.643. The zero-order valence-electron chi connectivity index (χ0n) is 11.9. The molecule has 0 aromatic rings. The highest BCUT2D eigenvalue weighted by atomic mass is 16.7. The Kier molecular flexibility index (Phi) is 5.90. The number of carbonyl (C=O) groups excluding carboxylic acids is 3. The molecule has 0 aromatic carbocycles. The third-order valence-corrected chi connectivity index (χ3v) is 2.67. The van der Waals surface area contributed by atoms with E-state index in [0.717, 1.165) is 0 Å². The van der Waals surface area contributed by atoms with Gasteiger partial charge >= 0.3 is 11.9 Å². The van der Waals surface area contributed by atoms with E-state index in [1.165, 1.54) is 27.9 Å². The Labute approximate surface area is 116 Å². The van der Waals surface area contributed by atoms with Crippen molar-refractivity contribution < 1.29 is 33.3 Å². The van der Waals surface area contributed by atoms with Gasteiger partial charge in [-0.05, 0) is 0 Å². The van der Waals surface area contributed by atoms with Gasteiger partial charge in [0, 0.05) is 27.9 Å². The topological polar surface area (TPSA) is 100 Å². The normalized spacial score (nSPS) is 29.4. The number of carbonyl (C=O) groups is 3. The molecule has 1 aliphatic heterocycles. The number of ether oxygens (including phenoxy) is 4. The van der Waals surface area contributed by atoms with Gasteiger partial charge < -0.3 is 24.3 Å². The number of amides is 1. The van der Waals surface area contributed by atoms with Crippen LogP contribution in [0.15, 0.2) is 0 Å². The lowest BCUT2D eigenvalue weighted by atomic mass is 10.0. The summed E-state index contributed by atoms with van der Waals surface area (Å²) in [5.41, 5.74) is 0. The number of nitrogens with one attached hydrogen (secondary N) is 1. The zero-order chi connectivity index (χ0) is 15.3. The van der Waals surface area contributed by atoms with Gasteiger partial charge in [0.05, 0.1) is 6.61 Å². The molecule has 0 aliphatic carbocycles. The molecule has 0 radical (unpaired) electrons. The van der Waals surface area contributed by atoms with Gasteiger partial charge in [-0.15, -0.1) is 0 Å². The summed E-state index contributed by atoms with van der Waals surface area (Å²) in [7, 11) is 1.39. The van der Waals surface area contributed by atoms with Crippen LogP contribution < -0.4 is 5.32 Å². The van der Waals surface area contributed by atoms with Crippen LogP contribution in [-0.2, 0) is 33.3 Å². The van der Waals surface area contributed by atoms with Crippen LogP contribution in [0.1, 0.15) is 20.8 Å². The van der Waals surface area contributed by atoms with Gasteiger partial charge in [-0.1, -0.05) is 0 Å². The lowest BCUT2D eigenvalue weighted by Crippen LogP contribution is -2.62. The lowest BCUT2D eigenvalue weighted by molar-refractivity contribution is -0.247. The first-order chi connectivity index (χ1) is 9.35. The minimum atomic E-state index is -0.903. The number of methoxy groups -OCH3 is 1. The first-order valence-electron chi connectivity index (χ1n) is 6.11. The first-order valence-corrected chi connectivity index (χ1v) is 6.11. The molecule has 114 valence electrons. The fraction of sp³-hybridized carbons (Fsp3) is 0.750. The van der Waals surface area contributed by atoms with Crippen molar-refractivity contribution in [2.24, 2.45) is 0 Å². The summed E-state index contributed by atoms with van der Waals surface area (Å²) in [5.74, 6) is -1.42. The maximum Gasteiger partial charge on any atom is 0.303 e. The summed E-state index contributed by atoms with van der Waals surface area (Å²) in [6, 6.07) is -0.737. The number of hydrogen-bond donors (Lipinski definition) is 1. The molecule has 1 N–H and O–H groups in total. The van der Waals surface area contributed by atoms with E-state index in [-0.39, 0.29) is 12.5 Å². The van der Waals surface area contributed by atoms with E-state index in [1.54, 1.807) is 0 Å². The summed E-state index contributed by atoms with van der Waals surface area (Å²) in [6.45, 7) is 3.81. The van der Waals surface area contributed by atoms with E-state index in [1.807, 2.05) is 0 Å². The monoisotopic (exact) mass is 289 g/mol. The molecular formula is C12H19NO7. The Hall–Kier alpha value is -1.67. The zero-order valence-corrected chi connectivity index (χ0v) is 11.9. The third kappa shape index (κ3) is 4.46. The molecule has 1 amide bonds. The van der Waals surface area contributed by atoms with E-state index in [2.05, 4.69) is 5.32 Å². The molecule has 1 aliphatic rings. The molecule has 1 fully saturated rings. The van der Waals surface area contributed by atoms with Gasteiger partial charge in [0.1, 0.15) is 12.1 Å². The van der Waals surface area contributed by atoms with E-state index in [9.17, 15) is 14.4 Å². The second-order valence-electron chi connectivity index (χ2n) is 4.39. The highest BCUT2D eigenvalue weighted by molar-refractivity contribution is 5.74. The molecule has 20 heavy (non-hydrogen) atoms. The number of hydrogen-bond acceptors (Lipinski definition) is 7. The Morgan fingerprint density at radius 3 is 2.15 bits per heavy atom. The van der Waals surface area contributed by atoms with Crippen LogP contribution >= 0.6 is 0 Å². The molecule has 8 heteroatoms. The highest BCUT2D eigenvalue weighted by Gasteiger charge is 2.45. The fourth-order valence-corrected chi connectivity index (χ4v) is 2.02. The van der Waals surface area contributed by atoms with Crippen LogP contribution in [0.4, 0.5) is 0 Å². The summed E-state index contributed by atoms with van der Waals surface area (Å²) in [6.07, 6.45) is -2.51. The Bertz CT molecular complexity index is 384. The SMILES string of the molecule is CO[C@@H]1OC[C@@H](OC(C)=O)[C@@H](NC(C)=O)[C@H]1OC(C)=O. The van der Waals surface area contributed by atoms with Crippen molar-refractivity contribution in [1.82, 2.24) is 5.32 Å². The van der Waals surface area contributed by atoms with Gasteiger partial charge in [0.15, 0.2) is 12.4 Å². The molecule has 0 saturated carbocycles. The van der Waals surface area contributed by atoms with Crippen LogP contribution in [0, 0.1) is 0 Å². The molecule has 0 aromatic heterocycles. The third-order valence-electron chi connectivity index (χ3n) is 2.67. The molecule has 4 atom stereocenters. The van der Waals surface area contributed by atoms with Crippen molar-refractivity contribution in [1.29, 1.82) is 0 Å². The van der Waals surface area contributed by atoms with Crippen LogP contribution in [0.2, 0.25) is 0 Å². The summed E-state index contributed by atoms with van der Waals surface area (Å²) < 4.78 is 20.6. The average molecular weight is 289 g/mol. The molecule has 1 heterocycles. The molecule has 1 saturated heterocycles. The molecular weight excluding hydrogens is 270 g/mol. The number of rotatable bonds is 4. The Morgan fingerprint density at radius 2 is 1.70 bits per heavy atom. The molecule has 8 nitrogen and oxygen atoms in total. The molecule has 0 spiro atoms. The highest BCUT2D eigenvalue weighted by Crippen LogP contribution is 2.22. The Morgan fingerprint density at radius 1 is 1.10 bits per heavy atom. The van der Waals surface area contributed by atoms with Gasteiger partial charge in [-0.3, -0.25) is 14.4 Å². The van der Waals surface area contributed by atoms with Crippen LogP contribution in [0.25, 0.3) is 0 Å². The second kappa shape index (κ2) is 7.20. The van der Waals surface area contributed by atoms with E-state index in [4.69, 9.17) is 18.9 Å². The molecule has 0 unspecified atom stereocenters. The van der Waals surface area contributed by atoms with Crippen molar-refractivity contribution in [3.05, 3.63) is 0 Å². The first kappa shape index (κ1) is 16.4. The minimum absolute atomic E-state index is 0.0286. The van der Waals surface area contributed by atoms with Crippen molar-refractivity contribution in [3.63, 3.8) is 0 Å². The second-order valence-corrected chi connectivity index (χ2v) is 4.39. The van der Waals surface area contributed by atoms with Crippen molar-refractivity contribution in [2.75, 3.05) is 13.7 Å². The van der Waals surface area contributed by atoms with Crippen molar-refractivity contribution in [3.8, 4) is 0 Å². The standard InChI is InChI=1S/C12H19NO7/c1-6(14)13-10-9(19-7(2)15)5-18-12(17-4)11(10)20-8(3)16/h9-12H,5H2,1-4H3,(H,13,14)/t9-,10-,11-,12-/m1/s1. The van der Waals surface area contributed by atoms with Gasteiger partial charge in [-0.25, -0.2) is 0 Å². The average Bonchev–Trinajstić information content (AvgIpc) is 2.31. The van der Waals surface area contributed by atoms with E-state index < -0.39 is 36.5 Å². The van der Waals surface area contributed by atoms with Crippen LogP contribution in [-0.4, -0.2) is 56.1 Å². The predicted molar refractivity (Wildman–Crippen MR) is 65.5 cm³/mol. The van der Waals surface area contributed by atoms with Gasteiger partial charge in [-0.2, -0.15) is 0 Å². The molecule has 1 rings (SSSR count). The van der Waals surface area contributed by atoms with Gasteiger partial charge in [0.2, 0.25) is 5.91 Å². The summed E-state index contributed by atoms with van der Waals surface area (Å²) >= 11 is 0. The van der Waals surface area contributed by atoms with E-state index in [0.29, 0.717) is 0 Å². The largest absolute Gasteiger partial charge is 0.458 e. The van der Waals surface area contributed by atoms with E-state index >= 15 is 0 Å². The fourth-order valence-electron chi connectivity index (χ4n) is 2.02. The van der Waals surface area contributed by atoms with Gasteiger partial charge in [0.25, 0.3) is 0 Å².